The first-order valence-electron chi connectivity index (χ1n) is 4.93. The predicted molar refractivity (Wildman–Crippen MR) is 63.3 cm³/mol. The average Bonchev–Trinajstić information content (AvgIpc) is 2.67. The van der Waals surface area contributed by atoms with E-state index in [0.29, 0.717) is 0 Å². The zero-order valence-electron chi connectivity index (χ0n) is 8.81. The Labute approximate surface area is 93.6 Å². The minimum absolute atomic E-state index is 0.180. The molecular formula is C12H13NOS. The van der Waals surface area contributed by atoms with Crippen LogP contribution in [-0.2, 0) is 0 Å². The van der Waals surface area contributed by atoms with E-state index < -0.39 is 0 Å². The number of rotatable bonds is 3. The minimum Gasteiger partial charge on any atom is -0.467 e. The molecule has 0 aliphatic heterocycles. The van der Waals surface area contributed by atoms with Crippen molar-refractivity contribution in [3.63, 3.8) is 0 Å². The van der Waals surface area contributed by atoms with Crippen molar-refractivity contribution in [2.24, 2.45) is 0 Å². The van der Waals surface area contributed by atoms with Crippen LogP contribution < -0.4 is 4.74 Å². The molecule has 1 aromatic carbocycles. The molecule has 1 heterocycles. The molecule has 15 heavy (non-hydrogen) atoms. The van der Waals surface area contributed by atoms with Gasteiger partial charge >= 0.3 is 0 Å². The van der Waals surface area contributed by atoms with Crippen LogP contribution >= 0.6 is 11.3 Å². The lowest BCUT2D eigenvalue weighted by atomic mass is 10.2. The van der Waals surface area contributed by atoms with E-state index in [1.54, 1.807) is 0 Å². The highest BCUT2D eigenvalue weighted by atomic mass is 32.1. The molecule has 2 rings (SSSR count). The lowest BCUT2D eigenvalue weighted by Crippen LogP contribution is -2.04. The second-order valence-electron chi connectivity index (χ2n) is 3.53. The Kier molecular flexibility index (Phi) is 3.02. The van der Waals surface area contributed by atoms with Gasteiger partial charge < -0.3 is 4.74 Å². The highest BCUT2D eigenvalue weighted by Gasteiger charge is 2.05. The van der Waals surface area contributed by atoms with Crippen LogP contribution in [0.15, 0.2) is 35.7 Å². The first-order chi connectivity index (χ1) is 7.25. The third-order valence-corrected chi connectivity index (χ3v) is 2.62. The molecule has 0 atom stereocenters. The van der Waals surface area contributed by atoms with Crippen LogP contribution in [0.5, 0.6) is 5.19 Å². The smallest absolute Gasteiger partial charge is 0.273 e. The summed E-state index contributed by atoms with van der Waals surface area (Å²) in [4.78, 5) is 4.42. The van der Waals surface area contributed by atoms with Crippen LogP contribution in [0, 0.1) is 0 Å². The number of aromatic nitrogens is 1. The standard InChI is InChI=1S/C12H13NOS/c1-9(2)14-12-13-11(8-15-12)10-6-4-3-5-7-10/h3-9H,1-2H3. The lowest BCUT2D eigenvalue weighted by Gasteiger charge is -2.03. The molecule has 0 spiro atoms. The maximum Gasteiger partial charge on any atom is 0.273 e. The van der Waals surface area contributed by atoms with Crippen LogP contribution in [-0.4, -0.2) is 11.1 Å². The van der Waals surface area contributed by atoms with Gasteiger partial charge in [-0.3, -0.25) is 0 Å². The van der Waals surface area contributed by atoms with Gasteiger partial charge in [-0.1, -0.05) is 41.7 Å². The van der Waals surface area contributed by atoms with E-state index in [1.807, 2.05) is 49.6 Å². The molecule has 0 aliphatic rings. The van der Waals surface area contributed by atoms with Gasteiger partial charge in [0.25, 0.3) is 5.19 Å². The van der Waals surface area contributed by atoms with Crippen molar-refractivity contribution < 1.29 is 4.74 Å². The maximum absolute atomic E-state index is 5.52. The van der Waals surface area contributed by atoms with Crippen molar-refractivity contribution in [3.8, 4) is 16.5 Å². The highest BCUT2D eigenvalue weighted by Crippen LogP contribution is 2.26. The SMILES string of the molecule is CC(C)Oc1nc(-c2ccccc2)cs1. The van der Waals surface area contributed by atoms with Crippen molar-refractivity contribution in [3.05, 3.63) is 35.7 Å². The Bertz CT molecular complexity index is 422. The summed E-state index contributed by atoms with van der Waals surface area (Å²) in [5.74, 6) is 0. The molecule has 0 aliphatic carbocycles. The molecule has 0 amide bonds. The molecular weight excluding hydrogens is 206 g/mol. The van der Waals surface area contributed by atoms with E-state index >= 15 is 0 Å². The van der Waals surface area contributed by atoms with E-state index in [-0.39, 0.29) is 6.10 Å². The zero-order chi connectivity index (χ0) is 10.7. The van der Waals surface area contributed by atoms with E-state index in [9.17, 15) is 0 Å². The molecule has 2 aromatic rings. The number of benzene rings is 1. The molecule has 0 unspecified atom stereocenters. The van der Waals surface area contributed by atoms with Gasteiger partial charge in [0.2, 0.25) is 0 Å². The van der Waals surface area contributed by atoms with Crippen molar-refractivity contribution in [2.75, 3.05) is 0 Å². The monoisotopic (exact) mass is 219 g/mol. The van der Waals surface area contributed by atoms with Crippen molar-refractivity contribution in [1.29, 1.82) is 0 Å². The van der Waals surface area contributed by atoms with E-state index in [2.05, 4.69) is 4.98 Å². The normalized spacial score (nSPS) is 10.6. The number of hydrogen-bond donors (Lipinski definition) is 0. The maximum atomic E-state index is 5.52. The summed E-state index contributed by atoms with van der Waals surface area (Å²) < 4.78 is 5.52. The van der Waals surface area contributed by atoms with Crippen LogP contribution in [0.3, 0.4) is 0 Å². The van der Waals surface area contributed by atoms with Gasteiger partial charge in [0.1, 0.15) is 0 Å². The number of thiazole rings is 1. The van der Waals surface area contributed by atoms with Gasteiger partial charge in [0, 0.05) is 10.9 Å². The summed E-state index contributed by atoms with van der Waals surface area (Å²) in [5, 5.41) is 2.76. The minimum atomic E-state index is 0.180. The molecule has 3 heteroatoms. The number of hydrogen-bond acceptors (Lipinski definition) is 3. The molecule has 0 radical (unpaired) electrons. The molecule has 1 aromatic heterocycles. The summed E-state index contributed by atoms with van der Waals surface area (Å²) in [7, 11) is 0. The third kappa shape index (κ3) is 2.57. The number of nitrogens with zero attached hydrogens (tertiary/aromatic N) is 1. The quantitative estimate of drug-likeness (QED) is 0.787. The summed E-state index contributed by atoms with van der Waals surface area (Å²) in [6.07, 6.45) is 0.180. The predicted octanol–water partition coefficient (Wildman–Crippen LogP) is 3.60. The van der Waals surface area contributed by atoms with Crippen LogP contribution in [0.4, 0.5) is 0 Å². The number of ether oxygens (including phenoxy) is 1. The third-order valence-electron chi connectivity index (χ3n) is 1.89. The van der Waals surface area contributed by atoms with Crippen LogP contribution in [0.25, 0.3) is 11.3 Å². The summed E-state index contributed by atoms with van der Waals surface area (Å²) in [6.45, 7) is 4.01. The Morgan fingerprint density at radius 1 is 1.20 bits per heavy atom. The van der Waals surface area contributed by atoms with E-state index in [1.165, 1.54) is 11.3 Å². The highest BCUT2D eigenvalue weighted by molar-refractivity contribution is 7.11. The summed E-state index contributed by atoms with van der Waals surface area (Å²) in [5.41, 5.74) is 2.11. The Morgan fingerprint density at radius 2 is 1.93 bits per heavy atom. The van der Waals surface area contributed by atoms with Crippen molar-refractivity contribution in [1.82, 2.24) is 4.98 Å². The molecule has 2 nitrogen and oxygen atoms in total. The topological polar surface area (TPSA) is 22.1 Å². The van der Waals surface area contributed by atoms with Gasteiger partial charge in [-0.25, -0.2) is 4.98 Å². The summed E-state index contributed by atoms with van der Waals surface area (Å²) >= 11 is 1.54. The Balaban J connectivity index is 2.21. The lowest BCUT2D eigenvalue weighted by molar-refractivity contribution is 0.241. The average molecular weight is 219 g/mol. The fourth-order valence-electron chi connectivity index (χ4n) is 1.25. The van der Waals surface area contributed by atoms with Crippen LogP contribution in [0.1, 0.15) is 13.8 Å². The second-order valence-corrected chi connectivity index (χ2v) is 4.35. The molecule has 0 bridgehead atoms. The van der Waals surface area contributed by atoms with Gasteiger partial charge in [-0.05, 0) is 13.8 Å². The van der Waals surface area contributed by atoms with Crippen molar-refractivity contribution in [2.45, 2.75) is 20.0 Å². The van der Waals surface area contributed by atoms with Gasteiger partial charge in [-0.15, -0.1) is 0 Å². The van der Waals surface area contributed by atoms with Crippen LogP contribution in [0.2, 0.25) is 0 Å². The molecule has 0 fully saturated rings. The van der Waals surface area contributed by atoms with Gasteiger partial charge in [-0.2, -0.15) is 0 Å². The van der Waals surface area contributed by atoms with Gasteiger partial charge in [0.15, 0.2) is 0 Å². The molecule has 0 saturated carbocycles. The molecule has 78 valence electrons. The molecule has 0 N–H and O–H groups in total. The largest absolute Gasteiger partial charge is 0.467 e. The summed E-state index contributed by atoms with van der Waals surface area (Å²) in [6, 6.07) is 10.1. The van der Waals surface area contributed by atoms with Gasteiger partial charge in [0.05, 0.1) is 11.8 Å². The molecule has 0 saturated heterocycles. The van der Waals surface area contributed by atoms with Crippen molar-refractivity contribution >= 4 is 11.3 Å². The van der Waals surface area contributed by atoms with E-state index in [0.717, 1.165) is 16.5 Å². The first-order valence-corrected chi connectivity index (χ1v) is 5.81. The fraction of sp³-hybridized carbons (Fsp3) is 0.250. The van der Waals surface area contributed by atoms with E-state index in [4.69, 9.17) is 4.74 Å². The Morgan fingerprint density at radius 3 is 2.60 bits per heavy atom. The second kappa shape index (κ2) is 4.45. The Hall–Kier alpha value is -1.35. The fourth-order valence-corrected chi connectivity index (χ4v) is 2.05. The zero-order valence-corrected chi connectivity index (χ0v) is 9.62. The first kappa shape index (κ1) is 10.2.